The van der Waals surface area contributed by atoms with Crippen molar-refractivity contribution in [1.82, 2.24) is 5.32 Å². The summed E-state index contributed by atoms with van der Waals surface area (Å²) >= 11 is 0. The fourth-order valence-corrected chi connectivity index (χ4v) is 2.93. The van der Waals surface area contributed by atoms with Crippen molar-refractivity contribution >= 4 is 9.84 Å². The average molecular weight is 297 g/mol. The summed E-state index contributed by atoms with van der Waals surface area (Å²) in [5.41, 5.74) is 1.25. The van der Waals surface area contributed by atoms with E-state index in [2.05, 4.69) is 31.3 Å². The molecule has 0 aliphatic heterocycles. The van der Waals surface area contributed by atoms with Crippen molar-refractivity contribution in [2.45, 2.75) is 44.8 Å². The van der Waals surface area contributed by atoms with Gasteiger partial charge in [-0.05, 0) is 26.3 Å². The Morgan fingerprint density at radius 1 is 1.00 bits per heavy atom. The molecule has 20 heavy (non-hydrogen) atoms. The van der Waals surface area contributed by atoms with Gasteiger partial charge < -0.3 is 5.32 Å². The van der Waals surface area contributed by atoms with Crippen LogP contribution in [0.5, 0.6) is 0 Å². The Balaban J connectivity index is 2.50. The first-order valence-corrected chi connectivity index (χ1v) is 8.70. The summed E-state index contributed by atoms with van der Waals surface area (Å²) in [5.74, 6) is 0.182. The van der Waals surface area contributed by atoms with Gasteiger partial charge in [0.2, 0.25) is 0 Å². The molecular weight excluding hydrogens is 270 g/mol. The summed E-state index contributed by atoms with van der Waals surface area (Å²) in [6.07, 6.45) is 0. The predicted molar refractivity (Wildman–Crippen MR) is 85.9 cm³/mol. The lowest BCUT2D eigenvalue weighted by Crippen LogP contribution is -2.38. The van der Waals surface area contributed by atoms with E-state index in [1.165, 1.54) is 5.56 Å². The number of hydrogen-bond donors (Lipinski definition) is 1. The molecule has 0 heterocycles. The Bertz CT molecular complexity index is 513. The Labute approximate surface area is 123 Å². The standard InChI is InChI=1S/C16H27NO2S/c1-15(2,3)20(18,19)12-11-17-13-16(4,5)14-9-7-6-8-10-14/h6-10,17H,11-13H2,1-5H3. The lowest BCUT2D eigenvalue weighted by Gasteiger charge is -2.26. The van der Waals surface area contributed by atoms with E-state index < -0.39 is 14.6 Å². The molecule has 0 aliphatic rings. The van der Waals surface area contributed by atoms with Crippen LogP contribution in [0.15, 0.2) is 30.3 Å². The highest BCUT2D eigenvalue weighted by atomic mass is 32.2. The van der Waals surface area contributed by atoms with Gasteiger partial charge in [0.25, 0.3) is 0 Å². The van der Waals surface area contributed by atoms with Crippen molar-refractivity contribution in [3.05, 3.63) is 35.9 Å². The molecule has 0 aromatic heterocycles. The summed E-state index contributed by atoms with van der Waals surface area (Å²) in [7, 11) is -3.04. The van der Waals surface area contributed by atoms with Gasteiger partial charge in [-0.1, -0.05) is 44.2 Å². The molecule has 1 N–H and O–H groups in total. The van der Waals surface area contributed by atoms with Crippen LogP contribution in [-0.4, -0.2) is 32.0 Å². The molecule has 0 spiro atoms. The van der Waals surface area contributed by atoms with Crippen LogP contribution >= 0.6 is 0 Å². The predicted octanol–water partition coefficient (Wildman–Crippen LogP) is 2.77. The third-order valence-electron chi connectivity index (χ3n) is 3.60. The third kappa shape index (κ3) is 4.60. The van der Waals surface area contributed by atoms with E-state index in [1.54, 1.807) is 20.8 Å². The minimum atomic E-state index is -3.04. The molecule has 4 heteroatoms. The number of rotatable bonds is 6. The van der Waals surface area contributed by atoms with Gasteiger partial charge in [-0.3, -0.25) is 0 Å². The first kappa shape index (κ1) is 17.2. The van der Waals surface area contributed by atoms with E-state index in [-0.39, 0.29) is 11.2 Å². The summed E-state index contributed by atoms with van der Waals surface area (Å²) in [5, 5.41) is 3.27. The summed E-state index contributed by atoms with van der Waals surface area (Å²) in [4.78, 5) is 0. The van der Waals surface area contributed by atoms with E-state index >= 15 is 0 Å². The molecule has 1 aromatic rings. The van der Waals surface area contributed by atoms with Crippen LogP contribution in [0.25, 0.3) is 0 Å². The monoisotopic (exact) mass is 297 g/mol. The van der Waals surface area contributed by atoms with Gasteiger partial charge in [0, 0.05) is 18.5 Å². The molecule has 0 aliphatic carbocycles. The second kappa shape index (κ2) is 6.27. The third-order valence-corrected chi connectivity index (χ3v) is 6.21. The largest absolute Gasteiger partial charge is 0.315 e. The zero-order valence-corrected chi connectivity index (χ0v) is 14.0. The Morgan fingerprint density at radius 3 is 2.05 bits per heavy atom. The molecule has 0 atom stereocenters. The van der Waals surface area contributed by atoms with E-state index in [9.17, 15) is 8.42 Å². The Hall–Kier alpha value is -0.870. The van der Waals surface area contributed by atoms with E-state index in [1.807, 2.05) is 18.2 Å². The summed E-state index contributed by atoms with van der Waals surface area (Å²) in [6, 6.07) is 10.3. The number of hydrogen-bond acceptors (Lipinski definition) is 3. The zero-order valence-electron chi connectivity index (χ0n) is 13.2. The minimum absolute atomic E-state index is 0.00719. The Kier molecular flexibility index (Phi) is 5.39. The number of sulfone groups is 1. The van der Waals surface area contributed by atoms with Crippen LogP contribution in [0, 0.1) is 0 Å². The first-order chi connectivity index (χ1) is 9.06. The molecule has 114 valence electrons. The highest BCUT2D eigenvalue weighted by molar-refractivity contribution is 7.92. The van der Waals surface area contributed by atoms with Gasteiger partial charge in [0.05, 0.1) is 10.5 Å². The second-order valence-electron chi connectivity index (χ2n) is 6.86. The van der Waals surface area contributed by atoms with Crippen molar-refractivity contribution in [2.24, 2.45) is 0 Å². The molecule has 0 radical (unpaired) electrons. The molecule has 0 bridgehead atoms. The normalized spacial score (nSPS) is 13.4. The maximum atomic E-state index is 12.0. The second-order valence-corrected chi connectivity index (χ2v) is 9.72. The van der Waals surface area contributed by atoms with Crippen molar-refractivity contribution in [3.63, 3.8) is 0 Å². The maximum absolute atomic E-state index is 12.0. The SMILES string of the molecule is CC(C)(CNCCS(=O)(=O)C(C)(C)C)c1ccccc1. The molecular formula is C16H27NO2S. The van der Waals surface area contributed by atoms with Gasteiger partial charge in [-0.15, -0.1) is 0 Å². The molecule has 0 saturated carbocycles. The van der Waals surface area contributed by atoms with Crippen LogP contribution in [0.1, 0.15) is 40.2 Å². The van der Waals surface area contributed by atoms with E-state index in [4.69, 9.17) is 0 Å². The van der Waals surface area contributed by atoms with Crippen molar-refractivity contribution in [1.29, 1.82) is 0 Å². The highest BCUT2D eigenvalue weighted by Gasteiger charge is 2.28. The van der Waals surface area contributed by atoms with Crippen molar-refractivity contribution in [3.8, 4) is 0 Å². The van der Waals surface area contributed by atoms with Gasteiger partial charge in [0.15, 0.2) is 9.84 Å². The fourth-order valence-electron chi connectivity index (χ4n) is 1.91. The van der Waals surface area contributed by atoms with Crippen LogP contribution in [-0.2, 0) is 15.3 Å². The number of benzene rings is 1. The highest BCUT2D eigenvalue weighted by Crippen LogP contribution is 2.21. The van der Waals surface area contributed by atoms with Crippen molar-refractivity contribution < 1.29 is 8.42 Å². The van der Waals surface area contributed by atoms with E-state index in [0.29, 0.717) is 6.54 Å². The topological polar surface area (TPSA) is 46.2 Å². The van der Waals surface area contributed by atoms with E-state index in [0.717, 1.165) is 6.54 Å². The quantitative estimate of drug-likeness (QED) is 0.821. The maximum Gasteiger partial charge on any atom is 0.156 e. The minimum Gasteiger partial charge on any atom is -0.315 e. The molecule has 3 nitrogen and oxygen atoms in total. The van der Waals surface area contributed by atoms with Crippen LogP contribution < -0.4 is 5.32 Å². The van der Waals surface area contributed by atoms with Crippen LogP contribution in [0.2, 0.25) is 0 Å². The molecule has 0 unspecified atom stereocenters. The number of nitrogens with one attached hydrogen (secondary N) is 1. The van der Waals surface area contributed by atoms with Gasteiger partial charge in [-0.2, -0.15) is 0 Å². The van der Waals surface area contributed by atoms with Crippen LogP contribution in [0.4, 0.5) is 0 Å². The van der Waals surface area contributed by atoms with Crippen LogP contribution in [0.3, 0.4) is 0 Å². The summed E-state index contributed by atoms with van der Waals surface area (Å²) < 4.78 is 23.3. The molecule has 0 saturated heterocycles. The van der Waals surface area contributed by atoms with Gasteiger partial charge in [0.1, 0.15) is 0 Å². The molecule has 1 aromatic carbocycles. The fraction of sp³-hybridized carbons (Fsp3) is 0.625. The molecule has 0 amide bonds. The van der Waals surface area contributed by atoms with Gasteiger partial charge >= 0.3 is 0 Å². The molecule has 0 fully saturated rings. The average Bonchev–Trinajstić information content (AvgIpc) is 2.34. The first-order valence-electron chi connectivity index (χ1n) is 7.05. The lowest BCUT2D eigenvalue weighted by atomic mass is 9.85. The summed E-state index contributed by atoms with van der Waals surface area (Å²) in [6.45, 7) is 10.8. The lowest BCUT2D eigenvalue weighted by molar-refractivity contribution is 0.475. The zero-order chi connectivity index (χ0) is 15.4. The smallest absolute Gasteiger partial charge is 0.156 e. The van der Waals surface area contributed by atoms with Crippen molar-refractivity contribution in [2.75, 3.05) is 18.8 Å². The Morgan fingerprint density at radius 2 is 1.55 bits per heavy atom. The molecule has 1 rings (SSSR count). The van der Waals surface area contributed by atoms with Gasteiger partial charge in [-0.25, -0.2) is 8.42 Å².